The summed E-state index contributed by atoms with van der Waals surface area (Å²) in [5.41, 5.74) is 3.09. The van der Waals surface area contributed by atoms with Crippen LogP contribution in [0.5, 0.6) is 0 Å². The van der Waals surface area contributed by atoms with Gasteiger partial charge in [0.15, 0.2) is 0 Å². The number of barbiturate groups is 1. The molecule has 0 aromatic heterocycles. The maximum atomic E-state index is 12.4. The van der Waals surface area contributed by atoms with Crippen molar-refractivity contribution in [3.63, 3.8) is 0 Å². The molecular weight excluding hydrogens is 328 g/mol. The summed E-state index contributed by atoms with van der Waals surface area (Å²) >= 11 is 0. The molecule has 1 fully saturated rings. The van der Waals surface area contributed by atoms with E-state index in [1.165, 1.54) is 19.7 Å². The van der Waals surface area contributed by atoms with E-state index in [1.807, 2.05) is 42.5 Å². The van der Waals surface area contributed by atoms with Crippen LogP contribution in [0.25, 0.3) is 6.08 Å². The Labute approximate surface area is 152 Å². The van der Waals surface area contributed by atoms with E-state index in [2.05, 4.69) is 12.1 Å². The molecule has 4 amide bonds. The molecule has 1 aliphatic rings. The van der Waals surface area contributed by atoms with Crippen molar-refractivity contribution in [3.05, 3.63) is 76.9 Å². The number of likely N-dealkylation sites (N-methyl/N-ethyl adjacent to an activating group) is 2. The lowest BCUT2D eigenvalue weighted by molar-refractivity contribution is -0.134. The zero-order valence-electron chi connectivity index (χ0n) is 14.8. The lowest BCUT2D eigenvalue weighted by Gasteiger charge is -2.29. The van der Waals surface area contributed by atoms with Crippen LogP contribution in [-0.2, 0) is 22.4 Å². The second kappa shape index (κ2) is 7.35. The van der Waals surface area contributed by atoms with Crippen LogP contribution in [0.3, 0.4) is 0 Å². The molecule has 0 unspecified atom stereocenters. The number of benzene rings is 2. The Hall–Kier alpha value is -3.21. The fourth-order valence-electron chi connectivity index (χ4n) is 2.96. The minimum atomic E-state index is -0.616. The van der Waals surface area contributed by atoms with Crippen LogP contribution >= 0.6 is 0 Å². The minimum absolute atomic E-state index is 0.00163. The average molecular weight is 348 g/mol. The maximum Gasteiger partial charge on any atom is 0.333 e. The fraction of sp³-hybridized carbons (Fsp3) is 0.190. The molecule has 0 bridgehead atoms. The Morgan fingerprint density at radius 2 is 1.35 bits per heavy atom. The molecule has 0 saturated carbocycles. The standard InChI is InChI=1S/C21H20N2O3/c1-22-19(24)18(20(25)23(2)21(22)26)14-17-11-7-6-10-16(17)13-12-15-8-4-3-5-9-15/h3-11,14H,12-13H2,1-2H3. The first-order chi connectivity index (χ1) is 12.5. The Bertz CT molecular complexity index is 861. The highest BCUT2D eigenvalue weighted by molar-refractivity contribution is 6.30. The minimum Gasteiger partial charge on any atom is -0.268 e. The summed E-state index contributed by atoms with van der Waals surface area (Å²) in [6.45, 7) is 0. The third-order valence-electron chi connectivity index (χ3n) is 4.52. The van der Waals surface area contributed by atoms with Crippen molar-refractivity contribution in [1.29, 1.82) is 0 Å². The molecule has 0 aliphatic carbocycles. The summed E-state index contributed by atoms with van der Waals surface area (Å²) in [5, 5.41) is 0. The van der Waals surface area contributed by atoms with Gasteiger partial charge < -0.3 is 0 Å². The van der Waals surface area contributed by atoms with E-state index < -0.39 is 17.8 Å². The quantitative estimate of drug-likeness (QED) is 0.631. The highest BCUT2D eigenvalue weighted by Gasteiger charge is 2.37. The van der Waals surface area contributed by atoms with E-state index in [1.54, 1.807) is 6.08 Å². The average Bonchev–Trinajstić information content (AvgIpc) is 2.68. The summed E-state index contributed by atoms with van der Waals surface area (Å²) < 4.78 is 0. The Kier molecular flexibility index (Phi) is 4.98. The van der Waals surface area contributed by atoms with Gasteiger partial charge in [-0.05, 0) is 35.6 Å². The van der Waals surface area contributed by atoms with Gasteiger partial charge in [0.05, 0.1) is 0 Å². The second-order valence-corrected chi connectivity index (χ2v) is 6.25. The molecule has 0 N–H and O–H groups in total. The van der Waals surface area contributed by atoms with Gasteiger partial charge in [0, 0.05) is 14.1 Å². The van der Waals surface area contributed by atoms with Gasteiger partial charge >= 0.3 is 6.03 Å². The van der Waals surface area contributed by atoms with E-state index in [0.717, 1.165) is 33.8 Å². The number of hydrogen-bond donors (Lipinski definition) is 0. The van der Waals surface area contributed by atoms with Crippen molar-refractivity contribution in [3.8, 4) is 0 Å². The van der Waals surface area contributed by atoms with Gasteiger partial charge in [-0.25, -0.2) is 4.79 Å². The van der Waals surface area contributed by atoms with Crippen LogP contribution < -0.4 is 0 Å². The fourth-order valence-corrected chi connectivity index (χ4v) is 2.96. The van der Waals surface area contributed by atoms with Gasteiger partial charge in [0.1, 0.15) is 5.57 Å². The number of carbonyl (C=O) groups is 3. The first-order valence-electron chi connectivity index (χ1n) is 8.42. The maximum absolute atomic E-state index is 12.4. The number of nitrogens with zero attached hydrogens (tertiary/aromatic N) is 2. The van der Waals surface area contributed by atoms with Crippen molar-refractivity contribution < 1.29 is 14.4 Å². The van der Waals surface area contributed by atoms with E-state index >= 15 is 0 Å². The summed E-state index contributed by atoms with van der Waals surface area (Å²) in [6, 6.07) is 17.2. The number of rotatable bonds is 4. The first kappa shape index (κ1) is 17.6. The van der Waals surface area contributed by atoms with Gasteiger partial charge in [-0.15, -0.1) is 0 Å². The Morgan fingerprint density at radius 1 is 0.769 bits per heavy atom. The summed E-state index contributed by atoms with van der Waals surface area (Å²) in [6.07, 6.45) is 3.24. The smallest absolute Gasteiger partial charge is 0.268 e. The lowest BCUT2D eigenvalue weighted by atomic mass is 9.97. The van der Waals surface area contributed by atoms with Crippen LogP contribution in [0.4, 0.5) is 4.79 Å². The van der Waals surface area contributed by atoms with Crippen LogP contribution in [-0.4, -0.2) is 41.7 Å². The van der Waals surface area contributed by atoms with Gasteiger partial charge in [-0.3, -0.25) is 19.4 Å². The number of carbonyl (C=O) groups excluding carboxylic acids is 3. The molecule has 1 aliphatic heterocycles. The van der Waals surface area contributed by atoms with Crippen LogP contribution in [0.1, 0.15) is 16.7 Å². The van der Waals surface area contributed by atoms with Crippen molar-refractivity contribution in [2.75, 3.05) is 14.1 Å². The topological polar surface area (TPSA) is 57.7 Å². The van der Waals surface area contributed by atoms with E-state index in [-0.39, 0.29) is 5.57 Å². The summed E-state index contributed by atoms with van der Waals surface area (Å²) in [7, 11) is 2.76. The Balaban J connectivity index is 1.90. The largest absolute Gasteiger partial charge is 0.333 e. The number of hydrogen-bond acceptors (Lipinski definition) is 3. The monoisotopic (exact) mass is 348 g/mol. The van der Waals surface area contributed by atoms with Gasteiger partial charge in [-0.1, -0.05) is 54.6 Å². The molecule has 2 aromatic carbocycles. The predicted molar refractivity (Wildman–Crippen MR) is 99.2 cm³/mol. The lowest BCUT2D eigenvalue weighted by Crippen LogP contribution is -2.52. The number of urea groups is 1. The molecule has 132 valence electrons. The molecule has 0 atom stereocenters. The van der Waals surface area contributed by atoms with Crippen molar-refractivity contribution >= 4 is 23.9 Å². The van der Waals surface area contributed by atoms with Crippen LogP contribution in [0.2, 0.25) is 0 Å². The molecule has 1 heterocycles. The van der Waals surface area contributed by atoms with Gasteiger partial charge in [0.25, 0.3) is 11.8 Å². The molecule has 5 nitrogen and oxygen atoms in total. The van der Waals surface area contributed by atoms with E-state index in [0.29, 0.717) is 0 Å². The number of amides is 4. The van der Waals surface area contributed by atoms with Crippen molar-refractivity contribution in [2.45, 2.75) is 12.8 Å². The normalized spacial score (nSPS) is 14.8. The predicted octanol–water partition coefficient (Wildman–Crippen LogP) is 2.91. The Morgan fingerprint density at radius 3 is 2.00 bits per heavy atom. The van der Waals surface area contributed by atoms with Crippen LogP contribution in [0, 0.1) is 0 Å². The molecule has 3 rings (SSSR count). The molecular formula is C21H20N2O3. The third-order valence-corrected chi connectivity index (χ3v) is 4.52. The third kappa shape index (κ3) is 3.42. The highest BCUT2D eigenvalue weighted by Crippen LogP contribution is 2.21. The molecule has 2 aromatic rings. The molecule has 26 heavy (non-hydrogen) atoms. The SMILES string of the molecule is CN1C(=O)C(=Cc2ccccc2CCc2ccccc2)C(=O)N(C)C1=O. The van der Waals surface area contributed by atoms with E-state index in [9.17, 15) is 14.4 Å². The summed E-state index contributed by atoms with van der Waals surface area (Å²) in [5.74, 6) is -1.15. The molecule has 0 spiro atoms. The highest BCUT2D eigenvalue weighted by atomic mass is 16.2. The second-order valence-electron chi connectivity index (χ2n) is 6.25. The van der Waals surface area contributed by atoms with Crippen molar-refractivity contribution in [1.82, 2.24) is 9.80 Å². The zero-order chi connectivity index (χ0) is 18.7. The van der Waals surface area contributed by atoms with Gasteiger partial charge in [-0.2, -0.15) is 0 Å². The number of aryl methyl sites for hydroxylation is 2. The van der Waals surface area contributed by atoms with Gasteiger partial charge in [0.2, 0.25) is 0 Å². The molecule has 0 radical (unpaired) electrons. The molecule has 1 saturated heterocycles. The van der Waals surface area contributed by atoms with Crippen molar-refractivity contribution in [2.24, 2.45) is 0 Å². The zero-order valence-corrected chi connectivity index (χ0v) is 14.8. The van der Waals surface area contributed by atoms with Crippen LogP contribution in [0.15, 0.2) is 60.2 Å². The first-order valence-corrected chi connectivity index (χ1v) is 8.42. The number of imide groups is 2. The summed E-state index contributed by atoms with van der Waals surface area (Å²) in [4.78, 5) is 38.5. The van der Waals surface area contributed by atoms with E-state index in [4.69, 9.17) is 0 Å². The molecule has 5 heteroatoms.